The summed E-state index contributed by atoms with van der Waals surface area (Å²) in [7, 11) is 0. The molecule has 162 valence electrons. The van der Waals surface area contributed by atoms with Crippen molar-refractivity contribution >= 4 is 30.1 Å². The average molecular weight is 418 g/mol. The molecule has 9 nitrogen and oxygen atoms in total. The van der Waals surface area contributed by atoms with Crippen LogP contribution in [0.3, 0.4) is 0 Å². The second-order valence-corrected chi connectivity index (χ2v) is 7.47. The van der Waals surface area contributed by atoms with Crippen LogP contribution >= 0.6 is 0 Å². The van der Waals surface area contributed by atoms with Gasteiger partial charge in [0.1, 0.15) is 17.4 Å². The molecule has 0 spiro atoms. The van der Waals surface area contributed by atoms with Crippen LogP contribution in [0.15, 0.2) is 18.2 Å². The molecule has 1 aliphatic heterocycles. The average Bonchev–Trinajstić information content (AvgIpc) is 2.95. The third-order valence-electron chi connectivity index (χ3n) is 4.87. The molecule has 1 aromatic rings. The van der Waals surface area contributed by atoms with Gasteiger partial charge in [-0.25, -0.2) is 4.79 Å². The Morgan fingerprint density at radius 1 is 1.20 bits per heavy atom. The van der Waals surface area contributed by atoms with Gasteiger partial charge in [0, 0.05) is 0 Å². The number of nitrogens with one attached hydrogen (secondary N) is 1. The van der Waals surface area contributed by atoms with Crippen LogP contribution in [0.4, 0.5) is 0 Å². The van der Waals surface area contributed by atoms with E-state index in [0.717, 1.165) is 4.90 Å². The number of esters is 1. The van der Waals surface area contributed by atoms with Crippen molar-refractivity contribution in [2.24, 2.45) is 0 Å². The molecule has 0 bridgehead atoms. The number of carbonyl (C=O) groups is 5. The van der Waals surface area contributed by atoms with Crippen LogP contribution in [0.5, 0.6) is 5.75 Å². The van der Waals surface area contributed by atoms with Crippen molar-refractivity contribution in [2.45, 2.75) is 58.6 Å². The van der Waals surface area contributed by atoms with Crippen LogP contribution < -0.4 is 10.1 Å². The highest BCUT2D eigenvalue weighted by atomic mass is 16.6. The zero-order valence-electron chi connectivity index (χ0n) is 17.5. The number of rotatable bonds is 10. The number of benzene rings is 1. The Morgan fingerprint density at radius 3 is 2.50 bits per heavy atom. The van der Waals surface area contributed by atoms with E-state index in [1.165, 1.54) is 18.2 Å². The van der Waals surface area contributed by atoms with Gasteiger partial charge in [0.15, 0.2) is 6.61 Å². The molecule has 0 fully saturated rings. The first-order chi connectivity index (χ1) is 14.2. The van der Waals surface area contributed by atoms with Gasteiger partial charge in [-0.3, -0.25) is 29.4 Å². The second kappa shape index (κ2) is 9.51. The number of amides is 4. The number of fused-ring (bicyclic) bond motifs is 1. The minimum Gasteiger partial charge on any atom is -0.481 e. The zero-order chi connectivity index (χ0) is 22.5. The highest BCUT2D eigenvalue weighted by molar-refractivity contribution is 6.24. The highest BCUT2D eigenvalue weighted by Crippen LogP contribution is 2.33. The lowest BCUT2D eigenvalue weighted by atomic mass is 10.1. The summed E-state index contributed by atoms with van der Waals surface area (Å²) in [4.78, 5) is 61.6. The summed E-state index contributed by atoms with van der Waals surface area (Å²) in [6.07, 6.45) is 1.52. The zero-order valence-corrected chi connectivity index (χ0v) is 17.5. The molecule has 0 saturated heterocycles. The van der Waals surface area contributed by atoms with Crippen molar-refractivity contribution in [3.63, 3.8) is 0 Å². The summed E-state index contributed by atoms with van der Waals surface area (Å²) in [5.41, 5.74) is -0.606. The third kappa shape index (κ3) is 4.84. The number of nitrogens with zero attached hydrogens (tertiary/aromatic N) is 1. The fourth-order valence-electron chi connectivity index (χ4n) is 3.03. The van der Waals surface area contributed by atoms with Gasteiger partial charge in [-0.2, -0.15) is 0 Å². The molecule has 0 saturated carbocycles. The van der Waals surface area contributed by atoms with E-state index < -0.39 is 41.9 Å². The monoisotopic (exact) mass is 418 g/mol. The molecule has 1 unspecified atom stereocenters. The smallest absolute Gasteiger partial charge is 0.344 e. The number of hydrogen-bond donors (Lipinski definition) is 1. The van der Waals surface area contributed by atoms with Crippen LogP contribution in [0.1, 0.15) is 67.7 Å². The minimum absolute atomic E-state index is 0.0231. The maximum absolute atomic E-state index is 13.0. The lowest BCUT2D eigenvalue weighted by molar-refractivity contribution is -0.159. The van der Waals surface area contributed by atoms with E-state index in [1.54, 1.807) is 20.8 Å². The first-order valence-corrected chi connectivity index (χ1v) is 9.76. The molecule has 0 radical (unpaired) electrons. The van der Waals surface area contributed by atoms with Gasteiger partial charge in [0.2, 0.25) is 12.3 Å². The lowest BCUT2D eigenvalue weighted by Gasteiger charge is -2.24. The summed E-state index contributed by atoms with van der Waals surface area (Å²) in [5, 5.41) is 2.00. The van der Waals surface area contributed by atoms with Gasteiger partial charge < -0.3 is 9.47 Å². The van der Waals surface area contributed by atoms with E-state index in [9.17, 15) is 24.0 Å². The lowest BCUT2D eigenvalue weighted by Crippen LogP contribution is -2.49. The summed E-state index contributed by atoms with van der Waals surface area (Å²) < 4.78 is 10.8. The number of imide groups is 2. The van der Waals surface area contributed by atoms with Crippen molar-refractivity contribution in [2.75, 3.05) is 6.61 Å². The van der Waals surface area contributed by atoms with E-state index in [-0.39, 0.29) is 29.7 Å². The Bertz CT molecular complexity index is 863. The summed E-state index contributed by atoms with van der Waals surface area (Å²) >= 11 is 0. The SMILES string of the molecule is CCCC(C(=O)NC=O)N1C(=O)c2cccc(OCC(=O)OC(C)(C)CC)c2C1=O. The van der Waals surface area contributed by atoms with Crippen LogP contribution in [-0.2, 0) is 19.1 Å². The van der Waals surface area contributed by atoms with Gasteiger partial charge >= 0.3 is 5.97 Å². The van der Waals surface area contributed by atoms with Crippen LogP contribution in [-0.4, -0.2) is 53.3 Å². The van der Waals surface area contributed by atoms with Crippen molar-refractivity contribution < 1.29 is 33.4 Å². The molecular weight excluding hydrogens is 392 g/mol. The fourth-order valence-corrected chi connectivity index (χ4v) is 3.03. The van der Waals surface area contributed by atoms with E-state index >= 15 is 0 Å². The first kappa shape index (κ1) is 23.1. The maximum atomic E-state index is 13.0. The molecule has 0 aromatic heterocycles. The van der Waals surface area contributed by atoms with E-state index in [0.29, 0.717) is 12.8 Å². The van der Waals surface area contributed by atoms with Crippen molar-refractivity contribution in [3.05, 3.63) is 29.3 Å². The van der Waals surface area contributed by atoms with E-state index in [1.807, 2.05) is 12.2 Å². The second-order valence-electron chi connectivity index (χ2n) is 7.47. The molecule has 30 heavy (non-hydrogen) atoms. The predicted octanol–water partition coefficient (Wildman–Crippen LogP) is 1.83. The molecule has 4 amide bonds. The van der Waals surface area contributed by atoms with Gasteiger partial charge in [-0.1, -0.05) is 26.3 Å². The summed E-state index contributed by atoms with van der Waals surface area (Å²) in [6, 6.07) is 3.30. The Labute approximate surface area is 174 Å². The molecular formula is C21H26N2O7. The normalized spacial score (nSPS) is 14.2. The highest BCUT2D eigenvalue weighted by Gasteiger charge is 2.44. The molecule has 1 heterocycles. The number of hydrogen-bond acceptors (Lipinski definition) is 7. The Balaban J connectivity index is 2.26. The van der Waals surface area contributed by atoms with Crippen molar-refractivity contribution in [1.29, 1.82) is 0 Å². The fraction of sp³-hybridized carbons (Fsp3) is 0.476. The van der Waals surface area contributed by atoms with Crippen LogP contribution in [0.2, 0.25) is 0 Å². The van der Waals surface area contributed by atoms with Crippen LogP contribution in [0.25, 0.3) is 0 Å². The summed E-state index contributed by atoms with van der Waals surface area (Å²) in [5.74, 6) is -2.68. The molecule has 1 aliphatic rings. The molecule has 1 atom stereocenters. The van der Waals surface area contributed by atoms with Crippen molar-refractivity contribution in [1.82, 2.24) is 10.2 Å². The van der Waals surface area contributed by atoms with Crippen LogP contribution in [0, 0.1) is 0 Å². The molecule has 9 heteroatoms. The van der Waals surface area contributed by atoms with E-state index in [2.05, 4.69) is 0 Å². The summed E-state index contributed by atoms with van der Waals surface area (Å²) in [6.45, 7) is 6.76. The number of carbonyl (C=O) groups excluding carboxylic acids is 5. The Hall–Kier alpha value is -3.23. The maximum Gasteiger partial charge on any atom is 0.344 e. The van der Waals surface area contributed by atoms with Gasteiger partial charge in [0.05, 0.1) is 11.1 Å². The topological polar surface area (TPSA) is 119 Å². The molecule has 0 aliphatic carbocycles. The molecule has 1 aromatic carbocycles. The third-order valence-corrected chi connectivity index (χ3v) is 4.87. The predicted molar refractivity (Wildman–Crippen MR) is 106 cm³/mol. The van der Waals surface area contributed by atoms with E-state index in [4.69, 9.17) is 9.47 Å². The molecule has 2 rings (SSSR count). The van der Waals surface area contributed by atoms with Crippen molar-refractivity contribution in [3.8, 4) is 5.75 Å². The quantitative estimate of drug-likeness (QED) is 0.350. The number of ether oxygens (including phenoxy) is 2. The van der Waals surface area contributed by atoms with Gasteiger partial charge in [-0.05, 0) is 38.8 Å². The minimum atomic E-state index is -1.13. The Kier molecular flexibility index (Phi) is 7.31. The standard InChI is InChI=1S/C21H26N2O7/c1-5-8-14(18(26)22-12-24)23-19(27)13-9-7-10-15(17(13)20(23)28)29-11-16(25)30-21(3,4)6-2/h7,9-10,12,14H,5-6,8,11H2,1-4H3,(H,22,24,26). The Morgan fingerprint density at radius 2 is 1.90 bits per heavy atom. The van der Waals surface area contributed by atoms with Gasteiger partial charge in [-0.15, -0.1) is 0 Å². The first-order valence-electron chi connectivity index (χ1n) is 9.76. The van der Waals surface area contributed by atoms with Gasteiger partial charge in [0.25, 0.3) is 11.8 Å². The molecule has 1 N–H and O–H groups in total. The largest absolute Gasteiger partial charge is 0.481 e.